The van der Waals surface area contributed by atoms with E-state index in [1.54, 1.807) is 0 Å². The number of hydrogen-bond donors (Lipinski definition) is 1. The Balaban J connectivity index is 2.22. The van der Waals surface area contributed by atoms with E-state index in [0.717, 1.165) is 5.75 Å². The van der Waals surface area contributed by atoms with Gasteiger partial charge in [-0.05, 0) is 31.2 Å². The standard InChI is InChI=1S/C13H13NO/c1-10-6-8-11(9-7-10)15-13-5-3-2-4-12(13)14/h2-9H,14H2,1H3. The zero-order chi connectivity index (χ0) is 10.7. The van der Waals surface area contributed by atoms with E-state index >= 15 is 0 Å². The van der Waals surface area contributed by atoms with Gasteiger partial charge in [-0.1, -0.05) is 29.8 Å². The van der Waals surface area contributed by atoms with Crippen LogP contribution in [0.4, 0.5) is 5.69 Å². The number of para-hydroxylation sites is 2. The van der Waals surface area contributed by atoms with Crippen molar-refractivity contribution in [3.05, 3.63) is 54.1 Å². The Morgan fingerprint density at radius 2 is 1.60 bits per heavy atom. The second-order valence-corrected chi connectivity index (χ2v) is 3.45. The van der Waals surface area contributed by atoms with Gasteiger partial charge in [0.2, 0.25) is 0 Å². The number of ether oxygens (including phenoxy) is 1. The Morgan fingerprint density at radius 3 is 2.27 bits per heavy atom. The molecule has 0 radical (unpaired) electrons. The van der Waals surface area contributed by atoms with Gasteiger partial charge in [0.05, 0.1) is 5.69 Å². The highest BCUT2D eigenvalue weighted by Crippen LogP contribution is 2.26. The fraction of sp³-hybridized carbons (Fsp3) is 0.0769. The average molecular weight is 199 g/mol. The van der Waals surface area contributed by atoms with E-state index in [4.69, 9.17) is 10.5 Å². The van der Waals surface area contributed by atoms with E-state index in [2.05, 4.69) is 0 Å². The van der Waals surface area contributed by atoms with Crippen LogP contribution >= 0.6 is 0 Å². The van der Waals surface area contributed by atoms with Crippen LogP contribution in [0.3, 0.4) is 0 Å². The van der Waals surface area contributed by atoms with Crippen molar-refractivity contribution in [2.45, 2.75) is 6.92 Å². The lowest BCUT2D eigenvalue weighted by molar-refractivity contribution is 0.485. The highest BCUT2D eigenvalue weighted by Gasteiger charge is 1.99. The lowest BCUT2D eigenvalue weighted by Crippen LogP contribution is -1.91. The number of rotatable bonds is 2. The van der Waals surface area contributed by atoms with Gasteiger partial charge >= 0.3 is 0 Å². The second kappa shape index (κ2) is 4.05. The van der Waals surface area contributed by atoms with Gasteiger partial charge in [-0.25, -0.2) is 0 Å². The molecule has 2 N–H and O–H groups in total. The van der Waals surface area contributed by atoms with Crippen molar-refractivity contribution in [1.29, 1.82) is 0 Å². The molecular weight excluding hydrogens is 186 g/mol. The zero-order valence-electron chi connectivity index (χ0n) is 8.60. The van der Waals surface area contributed by atoms with Crippen LogP contribution in [0, 0.1) is 6.92 Å². The number of nitrogens with two attached hydrogens (primary N) is 1. The maximum absolute atomic E-state index is 5.77. The van der Waals surface area contributed by atoms with Crippen LogP contribution in [-0.4, -0.2) is 0 Å². The predicted molar refractivity (Wildman–Crippen MR) is 62.1 cm³/mol. The molecule has 0 atom stereocenters. The van der Waals surface area contributed by atoms with Crippen LogP contribution in [0.2, 0.25) is 0 Å². The molecule has 0 aliphatic rings. The minimum absolute atomic E-state index is 0.651. The lowest BCUT2D eigenvalue weighted by Gasteiger charge is -2.07. The largest absolute Gasteiger partial charge is 0.455 e. The topological polar surface area (TPSA) is 35.2 Å². The molecule has 2 heteroatoms. The molecule has 0 saturated carbocycles. The minimum atomic E-state index is 0.651. The molecule has 76 valence electrons. The molecule has 0 bridgehead atoms. The van der Waals surface area contributed by atoms with Gasteiger partial charge < -0.3 is 10.5 Å². The van der Waals surface area contributed by atoms with Gasteiger partial charge in [0.1, 0.15) is 11.5 Å². The molecule has 0 aromatic heterocycles. The summed E-state index contributed by atoms with van der Waals surface area (Å²) in [4.78, 5) is 0. The molecule has 2 aromatic carbocycles. The zero-order valence-corrected chi connectivity index (χ0v) is 8.60. The Bertz CT molecular complexity index is 448. The third-order valence-corrected chi connectivity index (χ3v) is 2.17. The summed E-state index contributed by atoms with van der Waals surface area (Å²) in [5, 5.41) is 0. The number of nitrogen functional groups attached to an aromatic ring is 1. The highest BCUT2D eigenvalue weighted by molar-refractivity contribution is 5.53. The van der Waals surface area contributed by atoms with Crippen molar-refractivity contribution in [2.75, 3.05) is 5.73 Å². The van der Waals surface area contributed by atoms with E-state index in [0.29, 0.717) is 11.4 Å². The van der Waals surface area contributed by atoms with E-state index in [9.17, 15) is 0 Å². The maximum Gasteiger partial charge on any atom is 0.150 e. The van der Waals surface area contributed by atoms with Crippen LogP contribution in [0.15, 0.2) is 48.5 Å². The number of aryl methyl sites for hydroxylation is 1. The Labute approximate surface area is 89.3 Å². The van der Waals surface area contributed by atoms with Crippen LogP contribution in [-0.2, 0) is 0 Å². The molecule has 0 unspecified atom stereocenters. The van der Waals surface area contributed by atoms with Gasteiger partial charge in [-0.2, -0.15) is 0 Å². The average Bonchev–Trinajstić information content (AvgIpc) is 2.25. The van der Waals surface area contributed by atoms with E-state index in [1.165, 1.54) is 5.56 Å². The van der Waals surface area contributed by atoms with Gasteiger partial charge in [-0.15, -0.1) is 0 Å². The lowest BCUT2D eigenvalue weighted by atomic mass is 10.2. The number of anilines is 1. The van der Waals surface area contributed by atoms with E-state index in [1.807, 2.05) is 55.5 Å². The summed E-state index contributed by atoms with van der Waals surface area (Å²) in [6, 6.07) is 15.3. The quantitative estimate of drug-likeness (QED) is 0.752. The van der Waals surface area contributed by atoms with Crippen molar-refractivity contribution >= 4 is 5.69 Å². The first kappa shape index (κ1) is 9.59. The van der Waals surface area contributed by atoms with Crippen LogP contribution in [0.1, 0.15) is 5.56 Å². The molecule has 0 amide bonds. The highest BCUT2D eigenvalue weighted by atomic mass is 16.5. The van der Waals surface area contributed by atoms with Gasteiger partial charge in [0.15, 0.2) is 0 Å². The summed E-state index contributed by atoms with van der Waals surface area (Å²) in [5.74, 6) is 1.50. The summed E-state index contributed by atoms with van der Waals surface area (Å²) < 4.78 is 5.64. The van der Waals surface area contributed by atoms with Crippen molar-refractivity contribution < 1.29 is 4.74 Å². The summed E-state index contributed by atoms with van der Waals surface area (Å²) in [6.45, 7) is 2.04. The van der Waals surface area contributed by atoms with Crippen molar-refractivity contribution in [3.63, 3.8) is 0 Å². The predicted octanol–water partition coefficient (Wildman–Crippen LogP) is 3.37. The monoisotopic (exact) mass is 199 g/mol. The summed E-state index contributed by atoms with van der Waals surface area (Å²) in [7, 11) is 0. The molecule has 0 fully saturated rings. The Hall–Kier alpha value is -1.96. The number of hydrogen-bond acceptors (Lipinski definition) is 2. The summed E-state index contributed by atoms with van der Waals surface area (Å²) >= 11 is 0. The van der Waals surface area contributed by atoms with E-state index < -0.39 is 0 Å². The third-order valence-electron chi connectivity index (χ3n) is 2.17. The smallest absolute Gasteiger partial charge is 0.150 e. The molecule has 0 aliphatic heterocycles. The molecule has 15 heavy (non-hydrogen) atoms. The Kier molecular flexibility index (Phi) is 2.59. The third kappa shape index (κ3) is 2.29. The normalized spacial score (nSPS) is 9.93. The molecule has 0 spiro atoms. The molecule has 0 aliphatic carbocycles. The van der Waals surface area contributed by atoms with Crippen LogP contribution < -0.4 is 10.5 Å². The minimum Gasteiger partial charge on any atom is -0.455 e. The SMILES string of the molecule is Cc1ccc(Oc2ccccc2N)cc1. The van der Waals surface area contributed by atoms with Gasteiger partial charge in [0, 0.05) is 0 Å². The molecule has 2 nitrogen and oxygen atoms in total. The maximum atomic E-state index is 5.77. The first-order chi connectivity index (χ1) is 7.25. The summed E-state index contributed by atoms with van der Waals surface area (Å²) in [5.41, 5.74) is 7.64. The fourth-order valence-corrected chi connectivity index (χ4v) is 1.31. The van der Waals surface area contributed by atoms with Crippen molar-refractivity contribution in [3.8, 4) is 11.5 Å². The number of benzene rings is 2. The second-order valence-electron chi connectivity index (χ2n) is 3.45. The van der Waals surface area contributed by atoms with Crippen LogP contribution in [0.5, 0.6) is 11.5 Å². The molecule has 2 aromatic rings. The fourth-order valence-electron chi connectivity index (χ4n) is 1.31. The van der Waals surface area contributed by atoms with Crippen LogP contribution in [0.25, 0.3) is 0 Å². The molecule has 0 saturated heterocycles. The van der Waals surface area contributed by atoms with Crippen molar-refractivity contribution in [1.82, 2.24) is 0 Å². The molecular formula is C13H13NO. The molecule has 0 heterocycles. The Morgan fingerprint density at radius 1 is 0.933 bits per heavy atom. The van der Waals surface area contributed by atoms with E-state index in [-0.39, 0.29) is 0 Å². The van der Waals surface area contributed by atoms with Gasteiger partial charge in [0.25, 0.3) is 0 Å². The van der Waals surface area contributed by atoms with Gasteiger partial charge in [-0.3, -0.25) is 0 Å². The molecule has 2 rings (SSSR count). The summed E-state index contributed by atoms with van der Waals surface area (Å²) in [6.07, 6.45) is 0. The van der Waals surface area contributed by atoms with Crippen molar-refractivity contribution in [2.24, 2.45) is 0 Å². The first-order valence-corrected chi connectivity index (χ1v) is 4.85. The first-order valence-electron chi connectivity index (χ1n) is 4.85.